The van der Waals surface area contributed by atoms with Crippen LogP contribution in [0.5, 0.6) is 5.75 Å². The fourth-order valence-corrected chi connectivity index (χ4v) is 3.37. The molecular formula is C18H23N3O3S2. The third-order valence-electron chi connectivity index (χ3n) is 3.79. The highest BCUT2D eigenvalue weighted by atomic mass is 32.2. The number of methoxy groups -OCH3 is 1. The molecule has 0 bridgehead atoms. The van der Waals surface area contributed by atoms with Gasteiger partial charge < -0.3 is 15.0 Å². The molecule has 0 aromatic heterocycles. The van der Waals surface area contributed by atoms with Crippen LogP contribution in [-0.2, 0) is 16.6 Å². The number of hydrogen-bond acceptors (Lipinski definition) is 4. The van der Waals surface area contributed by atoms with E-state index in [0.29, 0.717) is 17.3 Å². The SMILES string of the molecule is COc1ccc(CN(C)C(=S)Nc2cccc(S(=O)(=O)N(C)C)c2)cc1. The summed E-state index contributed by atoms with van der Waals surface area (Å²) in [6, 6.07) is 14.3. The minimum Gasteiger partial charge on any atom is -0.497 e. The van der Waals surface area contributed by atoms with Crippen molar-refractivity contribution in [3.8, 4) is 5.75 Å². The Balaban J connectivity index is 2.06. The van der Waals surface area contributed by atoms with E-state index in [0.717, 1.165) is 11.3 Å². The fourth-order valence-electron chi connectivity index (χ4n) is 2.24. The summed E-state index contributed by atoms with van der Waals surface area (Å²) in [4.78, 5) is 2.10. The van der Waals surface area contributed by atoms with Crippen LogP contribution in [0.1, 0.15) is 5.56 Å². The molecule has 26 heavy (non-hydrogen) atoms. The summed E-state index contributed by atoms with van der Waals surface area (Å²) in [5, 5.41) is 3.59. The van der Waals surface area contributed by atoms with Gasteiger partial charge in [-0.2, -0.15) is 0 Å². The number of sulfonamides is 1. The second-order valence-corrected chi connectivity index (χ2v) is 8.49. The van der Waals surface area contributed by atoms with Gasteiger partial charge in [-0.15, -0.1) is 0 Å². The topological polar surface area (TPSA) is 61.9 Å². The molecule has 8 heteroatoms. The highest BCUT2D eigenvalue weighted by molar-refractivity contribution is 7.89. The molecule has 0 saturated heterocycles. The normalized spacial score (nSPS) is 11.3. The van der Waals surface area contributed by atoms with E-state index < -0.39 is 10.0 Å². The van der Waals surface area contributed by atoms with Crippen LogP contribution in [0, 0.1) is 0 Å². The molecule has 1 N–H and O–H groups in total. The summed E-state index contributed by atoms with van der Waals surface area (Å²) in [5.74, 6) is 0.802. The lowest BCUT2D eigenvalue weighted by Gasteiger charge is -2.21. The smallest absolute Gasteiger partial charge is 0.242 e. The molecule has 2 aromatic rings. The third-order valence-corrected chi connectivity index (χ3v) is 6.01. The van der Waals surface area contributed by atoms with Gasteiger partial charge in [-0.25, -0.2) is 12.7 Å². The van der Waals surface area contributed by atoms with Crippen molar-refractivity contribution >= 4 is 33.0 Å². The third kappa shape index (κ3) is 4.94. The lowest BCUT2D eigenvalue weighted by molar-refractivity contribution is 0.414. The molecule has 0 fully saturated rings. The molecule has 0 heterocycles. The predicted molar refractivity (Wildman–Crippen MR) is 108 cm³/mol. The molecule has 0 atom stereocenters. The number of anilines is 1. The molecule has 0 unspecified atom stereocenters. The number of thiocarbonyl (C=S) groups is 1. The Bertz CT molecular complexity index is 866. The van der Waals surface area contributed by atoms with E-state index in [1.54, 1.807) is 31.4 Å². The van der Waals surface area contributed by atoms with E-state index in [1.807, 2.05) is 36.2 Å². The quantitative estimate of drug-likeness (QED) is 0.762. The zero-order valence-electron chi connectivity index (χ0n) is 15.3. The minimum absolute atomic E-state index is 0.216. The Morgan fingerprint density at radius 1 is 1.12 bits per heavy atom. The largest absolute Gasteiger partial charge is 0.497 e. The Labute approximate surface area is 160 Å². The van der Waals surface area contributed by atoms with Crippen molar-refractivity contribution in [2.24, 2.45) is 0 Å². The Kier molecular flexibility index (Phi) is 6.57. The summed E-state index contributed by atoms with van der Waals surface area (Å²) >= 11 is 5.43. The average Bonchev–Trinajstić information content (AvgIpc) is 2.62. The van der Waals surface area contributed by atoms with Crippen molar-refractivity contribution < 1.29 is 13.2 Å². The van der Waals surface area contributed by atoms with Crippen LogP contribution in [0.15, 0.2) is 53.4 Å². The van der Waals surface area contributed by atoms with E-state index in [-0.39, 0.29) is 4.90 Å². The maximum atomic E-state index is 12.2. The van der Waals surface area contributed by atoms with Crippen molar-refractivity contribution in [2.75, 3.05) is 33.6 Å². The number of hydrogen-bond donors (Lipinski definition) is 1. The molecule has 6 nitrogen and oxygen atoms in total. The standard InChI is InChI=1S/C18H23N3O3S2/c1-20(2)26(22,23)17-7-5-6-15(12-17)19-18(25)21(3)13-14-8-10-16(24-4)11-9-14/h5-12H,13H2,1-4H3,(H,19,25). The lowest BCUT2D eigenvalue weighted by atomic mass is 10.2. The highest BCUT2D eigenvalue weighted by Gasteiger charge is 2.17. The molecule has 0 saturated carbocycles. The maximum Gasteiger partial charge on any atom is 0.242 e. The Hall–Kier alpha value is -2.16. The zero-order valence-corrected chi connectivity index (χ0v) is 16.9. The lowest BCUT2D eigenvalue weighted by Crippen LogP contribution is -2.30. The number of ether oxygens (including phenoxy) is 1. The second-order valence-electron chi connectivity index (χ2n) is 5.95. The van der Waals surface area contributed by atoms with Gasteiger partial charge >= 0.3 is 0 Å². The van der Waals surface area contributed by atoms with Crippen LogP contribution in [0.4, 0.5) is 5.69 Å². The molecule has 0 aliphatic heterocycles. The van der Waals surface area contributed by atoms with E-state index in [9.17, 15) is 8.42 Å². The van der Waals surface area contributed by atoms with Gasteiger partial charge in [0.05, 0.1) is 12.0 Å². The van der Waals surface area contributed by atoms with Gasteiger partial charge in [0.15, 0.2) is 5.11 Å². The van der Waals surface area contributed by atoms with Crippen LogP contribution >= 0.6 is 12.2 Å². The fraction of sp³-hybridized carbons (Fsp3) is 0.278. The van der Waals surface area contributed by atoms with Gasteiger partial charge in [0.1, 0.15) is 5.75 Å². The molecule has 0 aliphatic carbocycles. The van der Waals surface area contributed by atoms with Crippen molar-refractivity contribution in [3.05, 3.63) is 54.1 Å². The number of benzene rings is 2. The zero-order chi connectivity index (χ0) is 19.3. The Morgan fingerprint density at radius 2 is 1.77 bits per heavy atom. The Morgan fingerprint density at radius 3 is 2.35 bits per heavy atom. The summed E-state index contributed by atoms with van der Waals surface area (Å²) < 4.78 is 30.8. The summed E-state index contributed by atoms with van der Waals surface area (Å²) in [6.07, 6.45) is 0. The van der Waals surface area contributed by atoms with E-state index in [4.69, 9.17) is 17.0 Å². The highest BCUT2D eigenvalue weighted by Crippen LogP contribution is 2.19. The first-order valence-electron chi connectivity index (χ1n) is 7.91. The van der Waals surface area contributed by atoms with Crippen LogP contribution < -0.4 is 10.1 Å². The number of rotatable bonds is 6. The number of nitrogens with zero attached hydrogens (tertiary/aromatic N) is 2. The van der Waals surface area contributed by atoms with Crippen LogP contribution in [0.25, 0.3) is 0 Å². The first kappa shape index (κ1) is 20.2. The van der Waals surface area contributed by atoms with Gasteiger partial charge in [0, 0.05) is 33.4 Å². The first-order valence-corrected chi connectivity index (χ1v) is 9.76. The molecular weight excluding hydrogens is 370 g/mol. The summed E-state index contributed by atoms with van der Waals surface area (Å²) in [7, 11) is 3.02. The molecule has 0 amide bonds. The van der Waals surface area contributed by atoms with Gasteiger partial charge in [-0.1, -0.05) is 18.2 Å². The van der Waals surface area contributed by atoms with Crippen LogP contribution in [0.3, 0.4) is 0 Å². The van der Waals surface area contributed by atoms with Crippen molar-refractivity contribution in [1.82, 2.24) is 9.21 Å². The van der Waals surface area contributed by atoms with E-state index >= 15 is 0 Å². The van der Waals surface area contributed by atoms with Crippen molar-refractivity contribution in [2.45, 2.75) is 11.4 Å². The minimum atomic E-state index is -3.49. The molecule has 2 aromatic carbocycles. The average molecular weight is 394 g/mol. The van der Waals surface area contributed by atoms with Crippen molar-refractivity contribution in [3.63, 3.8) is 0 Å². The molecule has 2 rings (SSSR count). The first-order chi connectivity index (χ1) is 12.2. The summed E-state index contributed by atoms with van der Waals surface area (Å²) in [5.41, 5.74) is 1.71. The van der Waals surface area contributed by atoms with E-state index in [1.165, 1.54) is 18.4 Å². The number of nitrogens with one attached hydrogen (secondary N) is 1. The van der Waals surface area contributed by atoms with Crippen LogP contribution in [0.2, 0.25) is 0 Å². The monoisotopic (exact) mass is 393 g/mol. The van der Waals surface area contributed by atoms with E-state index in [2.05, 4.69) is 5.32 Å². The maximum absolute atomic E-state index is 12.2. The molecule has 0 aliphatic rings. The molecule has 0 spiro atoms. The summed E-state index contributed by atoms with van der Waals surface area (Å²) in [6.45, 7) is 0.617. The molecule has 140 valence electrons. The van der Waals surface area contributed by atoms with Gasteiger partial charge in [0.2, 0.25) is 10.0 Å². The molecule has 0 radical (unpaired) electrons. The van der Waals surface area contributed by atoms with Gasteiger partial charge in [-0.3, -0.25) is 0 Å². The van der Waals surface area contributed by atoms with Gasteiger partial charge in [0.25, 0.3) is 0 Å². The predicted octanol–water partition coefficient (Wildman–Crippen LogP) is 2.77. The van der Waals surface area contributed by atoms with Gasteiger partial charge in [-0.05, 0) is 48.1 Å². The van der Waals surface area contributed by atoms with Crippen molar-refractivity contribution in [1.29, 1.82) is 0 Å². The second kappa shape index (κ2) is 8.48. The van der Waals surface area contributed by atoms with Crippen LogP contribution in [-0.4, -0.2) is 51.0 Å².